The van der Waals surface area contributed by atoms with Crippen molar-refractivity contribution in [2.24, 2.45) is 11.8 Å². The molecule has 0 saturated carbocycles. The monoisotopic (exact) mass is 488 g/mol. The van der Waals surface area contributed by atoms with Crippen molar-refractivity contribution in [1.82, 2.24) is 5.32 Å². The van der Waals surface area contributed by atoms with Crippen LogP contribution in [0.5, 0.6) is 0 Å². The van der Waals surface area contributed by atoms with E-state index in [9.17, 15) is 14.4 Å². The zero-order valence-electron chi connectivity index (χ0n) is 19.3. The van der Waals surface area contributed by atoms with Gasteiger partial charge in [0.1, 0.15) is 16.3 Å². The second-order valence-electron chi connectivity index (χ2n) is 9.18. The zero-order chi connectivity index (χ0) is 24.5. The van der Waals surface area contributed by atoms with Crippen molar-refractivity contribution in [3.8, 4) is 0 Å². The molecule has 1 aliphatic heterocycles. The number of ketones is 1. The van der Waals surface area contributed by atoms with Gasteiger partial charge in [-0.3, -0.25) is 4.79 Å². The number of amides is 2. The van der Waals surface area contributed by atoms with Gasteiger partial charge in [0.25, 0.3) is 0 Å². The van der Waals surface area contributed by atoms with Crippen molar-refractivity contribution in [2.75, 3.05) is 11.4 Å². The molecule has 0 spiro atoms. The van der Waals surface area contributed by atoms with Gasteiger partial charge >= 0.3 is 12.2 Å². The highest BCUT2D eigenvalue weighted by Crippen LogP contribution is 2.40. The van der Waals surface area contributed by atoms with E-state index in [0.29, 0.717) is 34.1 Å². The summed E-state index contributed by atoms with van der Waals surface area (Å²) in [4.78, 5) is 39.0. The van der Waals surface area contributed by atoms with Crippen molar-refractivity contribution >= 4 is 53.5 Å². The number of hydrogen-bond acceptors (Lipinski definition) is 7. The standard InChI is InChI=1S/C24H28N2O5S2/c1-13(2)18-16(27)12-17-19(20(18)32)21(33)26(23(29)30-17)15-8-6-14(7-9-15)10-11-25-22(28)31-24(3,4)5/h6-9,12-13,19,32H,10-11H2,1-5H3,(H,25,28). The summed E-state index contributed by atoms with van der Waals surface area (Å²) in [5, 5.41) is 2.72. The molecule has 0 aromatic heterocycles. The predicted molar refractivity (Wildman–Crippen MR) is 133 cm³/mol. The number of nitrogens with one attached hydrogen (secondary N) is 1. The maximum atomic E-state index is 12.7. The Labute approximate surface area is 204 Å². The van der Waals surface area contributed by atoms with Gasteiger partial charge in [0, 0.05) is 23.1 Å². The highest BCUT2D eigenvalue weighted by molar-refractivity contribution is 7.85. The Kier molecular flexibility index (Phi) is 7.33. The molecular weight excluding hydrogens is 460 g/mol. The Morgan fingerprint density at radius 2 is 1.88 bits per heavy atom. The number of anilines is 1. The zero-order valence-corrected chi connectivity index (χ0v) is 21.0. The molecule has 9 heteroatoms. The number of nitrogens with zero attached hydrogens (tertiary/aromatic N) is 1. The van der Waals surface area contributed by atoms with Gasteiger partial charge in [0.2, 0.25) is 0 Å². The molecule has 0 radical (unpaired) electrons. The largest absolute Gasteiger partial charge is 0.444 e. The Bertz CT molecular complexity index is 1050. The second kappa shape index (κ2) is 9.69. The molecular formula is C24H28N2O5S2. The minimum atomic E-state index is -0.663. The van der Waals surface area contributed by atoms with Crippen molar-refractivity contribution in [2.45, 2.75) is 46.6 Å². The Hall–Kier alpha value is -2.65. The molecule has 1 N–H and O–H groups in total. The third-order valence-electron chi connectivity index (χ3n) is 5.08. The molecule has 1 aromatic rings. The van der Waals surface area contributed by atoms with Gasteiger partial charge in [-0.25, -0.2) is 14.5 Å². The molecule has 1 aliphatic carbocycles. The summed E-state index contributed by atoms with van der Waals surface area (Å²) >= 11 is 10.2. The number of thiocarbonyl (C=S) groups is 1. The van der Waals surface area contributed by atoms with Crippen LogP contribution >= 0.6 is 24.8 Å². The first-order valence-corrected chi connectivity index (χ1v) is 11.5. The maximum absolute atomic E-state index is 12.7. The number of carbonyl (C=O) groups is 3. The van der Waals surface area contributed by atoms with Crippen molar-refractivity contribution in [1.29, 1.82) is 0 Å². The molecule has 1 aromatic carbocycles. The van der Waals surface area contributed by atoms with Crippen LogP contribution in [0, 0.1) is 11.8 Å². The summed E-state index contributed by atoms with van der Waals surface area (Å²) in [5.74, 6) is -0.598. The number of rotatable bonds is 5. The Balaban J connectivity index is 1.72. The van der Waals surface area contributed by atoms with Crippen LogP contribution < -0.4 is 10.2 Å². The Morgan fingerprint density at radius 3 is 2.45 bits per heavy atom. The van der Waals surface area contributed by atoms with E-state index < -0.39 is 23.7 Å². The third kappa shape index (κ3) is 5.65. The van der Waals surface area contributed by atoms with Gasteiger partial charge in [-0.1, -0.05) is 38.2 Å². The number of fused-ring (bicyclic) bond motifs is 1. The molecule has 33 heavy (non-hydrogen) atoms. The summed E-state index contributed by atoms with van der Waals surface area (Å²) in [6.45, 7) is 9.65. The fourth-order valence-electron chi connectivity index (χ4n) is 3.65. The molecule has 1 unspecified atom stereocenters. The van der Waals surface area contributed by atoms with Crippen molar-refractivity contribution in [3.05, 3.63) is 52.1 Å². The summed E-state index contributed by atoms with van der Waals surface area (Å²) in [6, 6.07) is 7.25. The summed E-state index contributed by atoms with van der Waals surface area (Å²) in [6.07, 6.45) is 0.797. The lowest BCUT2D eigenvalue weighted by molar-refractivity contribution is -0.112. The van der Waals surface area contributed by atoms with Gasteiger partial charge in [-0.2, -0.15) is 0 Å². The van der Waals surface area contributed by atoms with E-state index >= 15 is 0 Å². The van der Waals surface area contributed by atoms with E-state index in [-0.39, 0.29) is 17.5 Å². The molecule has 1 saturated heterocycles. The van der Waals surface area contributed by atoms with Gasteiger partial charge in [-0.15, -0.1) is 12.6 Å². The van der Waals surface area contributed by atoms with E-state index in [0.717, 1.165) is 5.56 Å². The number of ether oxygens (including phenoxy) is 2. The SMILES string of the molecule is CC(C)C1=C(S)C2C(=S)N(c3ccc(CCNC(=O)OC(C)(C)C)cc3)C(=O)OC2=CC1=O. The average molecular weight is 489 g/mol. The summed E-state index contributed by atoms with van der Waals surface area (Å²) in [5.41, 5.74) is 1.54. The van der Waals surface area contributed by atoms with Crippen molar-refractivity contribution < 1.29 is 23.9 Å². The van der Waals surface area contributed by atoms with Crippen LogP contribution in [-0.4, -0.2) is 35.1 Å². The second-order valence-corrected chi connectivity index (χ2v) is 10.1. The van der Waals surface area contributed by atoms with E-state index in [1.807, 2.05) is 26.0 Å². The lowest BCUT2D eigenvalue weighted by Gasteiger charge is -2.37. The van der Waals surface area contributed by atoms with Gasteiger partial charge in [-0.05, 0) is 50.8 Å². The maximum Gasteiger partial charge on any atom is 0.424 e. The number of alkyl carbamates (subject to hydrolysis) is 1. The Morgan fingerprint density at radius 1 is 1.24 bits per heavy atom. The van der Waals surface area contributed by atoms with Crippen molar-refractivity contribution in [3.63, 3.8) is 0 Å². The first-order chi connectivity index (χ1) is 15.4. The number of thiol groups is 1. The molecule has 1 atom stereocenters. The average Bonchev–Trinajstić information content (AvgIpc) is 2.66. The number of hydrogen-bond donors (Lipinski definition) is 2. The van der Waals surface area contributed by atoms with Crippen LogP contribution in [0.25, 0.3) is 0 Å². The van der Waals surface area contributed by atoms with E-state index in [1.165, 1.54) is 11.0 Å². The lowest BCUT2D eigenvalue weighted by atomic mass is 9.86. The topological polar surface area (TPSA) is 84.9 Å². The molecule has 2 amide bonds. The van der Waals surface area contributed by atoms with Gasteiger partial charge < -0.3 is 14.8 Å². The fourth-order valence-corrected chi connectivity index (χ4v) is 4.77. The minimum Gasteiger partial charge on any atom is -0.444 e. The minimum absolute atomic E-state index is 0.0368. The molecule has 7 nitrogen and oxygen atoms in total. The van der Waals surface area contributed by atoms with Crippen LogP contribution in [0.15, 0.2) is 46.6 Å². The number of carbonyl (C=O) groups excluding carboxylic acids is 3. The lowest BCUT2D eigenvalue weighted by Crippen LogP contribution is -2.47. The molecule has 2 aliphatic rings. The van der Waals surface area contributed by atoms with Crippen LogP contribution in [-0.2, 0) is 20.7 Å². The first-order valence-electron chi connectivity index (χ1n) is 10.7. The van der Waals surface area contributed by atoms with E-state index in [1.54, 1.807) is 32.9 Å². The molecule has 1 fully saturated rings. The predicted octanol–water partition coefficient (Wildman–Crippen LogP) is 4.96. The van der Waals surface area contributed by atoms with Crippen LogP contribution in [0.2, 0.25) is 0 Å². The fraction of sp³-hybridized carbons (Fsp3) is 0.417. The third-order valence-corrected chi connectivity index (χ3v) is 6.00. The van der Waals surface area contributed by atoms with E-state index in [2.05, 4.69) is 17.9 Å². The number of allylic oxidation sites excluding steroid dienone is 2. The summed E-state index contributed by atoms with van der Waals surface area (Å²) < 4.78 is 10.7. The van der Waals surface area contributed by atoms with Crippen LogP contribution in [0.4, 0.5) is 15.3 Å². The molecule has 1 heterocycles. The quantitative estimate of drug-likeness (QED) is 0.450. The van der Waals surface area contributed by atoms with Crippen LogP contribution in [0.1, 0.15) is 40.2 Å². The first kappa shape index (κ1) is 25.0. The highest BCUT2D eigenvalue weighted by Gasteiger charge is 2.43. The normalized spacial score (nSPS) is 18.8. The smallest absolute Gasteiger partial charge is 0.424 e. The molecule has 3 rings (SSSR count). The van der Waals surface area contributed by atoms with Crippen LogP contribution in [0.3, 0.4) is 0 Å². The number of benzene rings is 1. The molecule has 0 bridgehead atoms. The summed E-state index contributed by atoms with van der Waals surface area (Å²) in [7, 11) is 0. The highest BCUT2D eigenvalue weighted by atomic mass is 32.1. The van der Waals surface area contributed by atoms with E-state index in [4.69, 9.17) is 21.7 Å². The molecule has 176 valence electrons. The van der Waals surface area contributed by atoms with Gasteiger partial charge in [0.05, 0.1) is 11.6 Å². The van der Waals surface area contributed by atoms with Gasteiger partial charge in [0.15, 0.2) is 5.78 Å².